The summed E-state index contributed by atoms with van der Waals surface area (Å²) in [5.74, 6) is 1.41. The highest BCUT2D eigenvalue weighted by atomic mass is 127. The Morgan fingerprint density at radius 3 is 2.73 bits per heavy atom. The highest BCUT2D eigenvalue weighted by Gasteiger charge is 2.19. The van der Waals surface area contributed by atoms with Gasteiger partial charge in [-0.3, -0.25) is 4.79 Å². The largest absolute Gasteiger partial charge is 0.383 e. The molecule has 3 N–H and O–H groups in total. The molecule has 0 aromatic heterocycles. The Bertz CT molecular complexity index is 340. The van der Waals surface area contributed by atoms with Crippen LogP contribution < -0.4 is 16.0 Å². The van der Waals surface area contributed by atoms with Crippen molar-refractivity contribution in [3.8, 4) is 0 Å². The maximum absolute atomic E-state index is 11.6. The minimum atomic E-state index is -0.0822. The van der Waals surface area contributed by atoms with Crippen molar-refractivity contribution in [2.75, 3.05) is 33.4 Å². The van der Waals surface area contributed by atoms with Gasteiger partial charge in [-0.2, -0.15) is 0 Å². The lowest BCUT2D eigenvalue weighted by Gasteiger charge is -2.28. The van der Waals surface area contributed by atoms with E-state index in [2.05, 4.69) is 27.9 Å². The lowest BCUT2D eigenvalue weighted by atomic mass is 9.87. The van der Waals surface area contributed by atoms with Crippen LogP contribution in [-0.4, -0.2) is 51.3 Å². The zero-order chi connectivity index (χ0) is 15.5. The minimum absolute atomic E-state index is 0. The second-order valence-corrected chi connectivity index (χ2v) is 5.65. The Kier molecular flexibility index (Phi) is 12.6. The van der Waals surface area contributed by atoms with Gasteiger partial charge < -0.3 is 20.7 Å². The van der Waals surface area contributed by atoms with Crippen molar-refractivity contribution in [3.05, 3.63) is 0 Å². The normalized spacial score (nSPS) is 21.7. The molecule has 130 valence electrons. The van der Waals surface area contributed by atoms with Gasteiger partial charge in [-0.05, 0) is 25.7 Å². The van der Waals surface area contributed by atoms with E-state index in [1.165, 1.54) is 25.7 Å². The molecule has 1 amide bonds. The number of methoxy groups -OCH3 is 1. The number of hydrogen-bond acceptors (Lipinski definition) is 3. The molecule has 0 aromatic carbocycles. The third-order valence-electron chi connectivity index (χ3n) is 3.63. The van der Waals surface area contributed by atoms with Crippen LogP contribution >= 0.6 is 24.0 Å². The van der Waals surface area contributed by atoms with Crippen molar-refractivity contribution in [3.63, 3.8) is 0 Å². The maximum atomic E-state index is 11.6. The molecule has 2 atom stereocenters. The molecule has 0 radical (unpaired) electrons. The Balaban J connectivity index is 0.00000441. The summed E-state index contributed by atoms with van der Waals surface area (Å²) in [7, 11) is 1.61. The second-order valence-electron chi connectivity index (χ2n) is 5.65. The Morgan fingerprint density at radius 1 is 1.32 bits per heavy atom. The van der Waals surface area contributed by atoms with Gasteiger partial charge in [-0.25, -0.2) is 4.99 Å². The van der Waals surface area contributed by atoms with E-state index < -0.39 is 0 Å². The summed E-state index contributed by atoms with van der Waals surface area (Å²) in [6.07, 6.45) is 4.92. The summed E-state index contributed by atoms with van der Waals surface area (Å²) < 4.78 is 4.89. The van der Waals surface area contributed by atoms with Crippen LogP contribution in [0.2, 0.25) is 0 Å². The van der Waals surface area contributed by atoms with Crippen LogP contribution in [0, 0.1) is 5.92 Å². The molecular formula is C15H31IN4O2. The topological polar surface area (TPSA) is 74.8 Å². The van der Waals surface area contributed by atoms with Gasteiger partial charge in [-0.15, -0.1) is 24.0 Å². The van der Waals surface area contributed by atoms with Crippen LogP contribution in [0.4, 0.5) is 0 Å². The molecule has 1 rings (SSSR count). The minimum Gasteiger partial charge on any atom is -0.383 e. The molecule has 1 saturated carbocycles. The molecule has 6 nitrogen and oxygen atoms in total. The zero-order valence-corrected chi connectivity index (χ0v) is 16.3. The lowest BCUT2D eigenvalue weighted by molar-refractivity contribution is -0.119. The third kappa shape index (κ3) is 9.45. The first-order valence-electron chi connectivity index (χ1n) is 7.96. The maximum Gasteiger partial charge on any atom is 0.241 e. The molecule has 0 aliphatic heterocycles. The Hall–Kier alpha value is -0.570. The number of carbonyl (C=O) groups excluding carboxylic acids is 1. The summed E-state index contributed by atoms with van der Waals surface area (Å²) in [6, 6.07) is 0.461. The number of rotatable bonds is 7. The predicted octanol–water partition coefficient (Wildman–Crippen LogP) is 1.50. The van der Waals surface area contributed by atoms with Gasteiger partial charge in [0.05, 0.1) is 6.61 Å². The molecule has 0 saturated heterocycles. The Labute approximate surface area is 151 Å². The number of carbonyl (C=O) groups is 1. The van der Waals surface area contributed by atoms with E-state index in [9.17, 15) is 4.79 Å². The molecule has 0 aromatic rings. The SMILES string of the molecule is CCNC(=NCC(=O)NCCOC)NC1CCCC(C)C1.I. The van der Waals surface area contributed by atoms with Crippen molar-refractivity contribution < 1.29 is 9.53 Å². The summed E-state index contributed by atoms with van der Waals surface area (Å²) in [6.45, 7) is 6.30. The molecule has 0 bridgehead atoms. The van der Waals surface area contributed by atoms with Gasteiger partial charge in [0.1, 0.15) is 6.54 Å². The van der Waals surface area contributed by atoms with Crippen LogP contribution in [-0.2, 0) is 9.53 Å². The monoisotopic (exact) mass is 426 g/mol. The van der Waals surface area contributed by atoms with E-state index in [-0.39, 0.29) is 36.4 Å². The summed E-state index contributed by atoms with van der Waals surface area (Å²) in [4.78, 5) is 16.0. The van der Waals surface area contributed by atoms with E-state index >= 15 is 0 Å². The number of hydrogen-bond donors (Lipinski definition) is 3. The van der Waals surface area contributed by atoms with E-state index in [0.717, 1.165) is 18.4 Å². The summed E-state index contributed by atoms with van der Waals surface area (Å²) in [5.41, 5.74) is 0. The second kappa shape index (κ2) is 12.9. The Morgan fingerprint density at radius 2 is 2.09 bits per heavy atom. The smallest absolute Gasteiger partial charge is 0.241 e. The van der Waals surface area contributed by atoms with E-state index in [1.807, 2.05) is 6.92 Å². The molecule has 1 fully saturated rings. The van der Waals surface area contributed by atoms with Crippen molar-refractivity contribution in [2.45, 2.75) is 45.6 Å². The lowest BCUT2D eigenvalue weighted by Crippen LogP contribution is -2.45. The molecule has 1 aliphatic carbocycles. The first kappa shape index (κ1) is 21.4. The molecule has 22 heavy (non-hydrogen) atoms. The van der Waals surface area contributed by atoms with Gasteiger partial charge in [0, 0.05) is 26.2 Å². The van der Waals surface area contributed by atoms with Crippen LogP contribution in [0.3, 0.4) is 0 Å². The average molecular weight is 426 g/mol. The standard InChI is InChI=1S/C15H30N4O2.HI/c1-4-16-15(18-11-14(20)17-8-9-21-3)19-13-7-5-6-12(2)10-13;/h12-13H,4-11H2,1-3H3,(H,17,20)(H2,16,18,19);1H. The highest BCUT2D eigenvalue weighted by molar-refractivity contribution is 14.0. The predicted molar refractivity (Wildman–Crippen MR) is 101 cm³/mol. The molecule has 0 spiro atoms. The van der Waals surface area contributed by atoms with Gasteiger partial charge >= 0.3 is 0 Å². The van der Waals surface area contributed by atoms with Crippen LogP contribution in [0.5, 0.6) is 0 Å². The fourth-order valence-electron chi connectivity index (χ4n) is 2.58. The van der Waals surface area contributed by atoms with Crippen molar-refractivity contribution in [1.29, 1.82) is 0 Å². The molecule has 1 aliphatic rings. The van der Waals surface area contributed by atoms with E-state index in [1.54, 1.807) is 7.11 Å². The molecular weight excluding hydrogens is 395 g/mol. The van der Waals surface area contributed by atoms with Crippen molar-refractivity contribution in [2.24, 2.45) is 10.9 Å². The van der Waals surface area contributed by atoms with Gasteiger partial charge in [0.15, 0.2) is 5.96 Å². The molecule has 0 heterocycles. The van der Waals surface area contributed by atoms with Crippen molar-refractivity contribution >= 4 is 35.8 Å². The molecule has 7 heteroatoms. The number of ether oxygens (including phenoxy) is 1. The third-order valence-corrected chi connectivity index (χ3v) is 3.63. The number of nitrogens with one attached hydrogen (secondary N) is 3. The fraction of sp³-hybridized carbons (Fsp3) is 0.867. The van der Waals surface area contributed by atoms with E-state index in [4.69, 9.17) is 4.74 Å². The average Bonchev–Trinajstić information content (AvgIpc) is 2.45. The number of halogens is 1. The highest BCUT2D eigenvalue weighted by Crippen LogP contribution is 2.23. The quantitative estimate of drug-likeness (QED) is 0.250. The number of amides is 1. The van der Waals surface area contributed by atoms with Crippen LogP contribution in [0.15, 0.2) is 4.99 Å². The summed E-state index contributed by atoms with van der Waals surface area (Å²) in [5, 5.41) is 9.41. The first-order chi connectivity index (χ1) is 10.2. The van der Waals surface area contributed by atoms with Crippen LogP contribution in [0.1, 0.15) is 39.5 Å². The van der Waals surface area contributed by atoms with Crippen LogP contribution in [0.25, 0.3) is 0 Å². The van der Waals surface area contributed by atoms with E-state index in [0.29, 0.717) is 19.2 Å². The number of aliphatic imine (C=N–C) groups is 1. The summed E-state index contributed by atoms with van der Waals surface area (Å²) >= 11 is 0. The molecule has 2 unspecified atom stereocenters. The van der Waals surface area contributed by atoms with Gasteiger partial charge in [0.25, 0.3) is 0 Å². The number of nitrogens with zero attached hydrogens (tertiary/aromatic N) is 1. The first-order valence-corrected chi connectivity index (χ1v) is 7.96. The van der Waals surface area contributed by atoms with Gasteiger partial charge in [0.2, 0.25) is 5.91 Å². The fourth-order valence-corrected chi connectivity index (χ4v) is 2.58. The number of guanidine groups is 1. The van der Waals surface area contributed by atoms with Gasteiger partial charge in [-0.1, -0.05) is 19.8 Å². The zero-order valence-electron chi connectivity index (χ0n) is 14.0. The van der Waals surface area contributed by atoms with Crippen molar-refractivity contribution in [1.82, 2.24) is 16.0 Å².